The molecule has 11 nitrogen and oxygen atoms in total. The number of nitrogens with zero attached hydrogens (tertiary/aromatic N) is 2. The molecule has 46 heavy (non-hydrogen) atoms. The summed E-state index contributed by atoms with van der Waals surface area (Å²) in [5.74, 6) is 1.76. The van der Waals surface area contributed by atoms with Crippen molar-refractivity contribution in [1.29, 1.82) is 0 Å². The number of ether oxygens (including phenoxy) is 3. The predicted molar refractivity (Wildman–Crippen MR) is 174 cm³/mol. The number of carbonyl (C=O) groups is 3. The smallest absolute Gasteiger partial charge is 0.240 e. The fraction of sp³-hybridized carbons (Fsp3) is 0.314. The second-order valence-corrected chi connectivity index (χ2v) is 11.8. The highest BCUT2D eigenvalue weighted by molar-refractivity contribution is 6.16. The lowest BCUT2D eigenvalue weighted by Gasteiger charge is -2.31. The lowest BCUT2D eigenvalue weighted by atomic mass is 9.98. The molecule has 11 heteroatoms. The molecule has 2 fully saturated rings. The number of anilines is 2. The Bertz CT molecular complexity index is 1720. The SMILES string of the molecule is COc1cc2c(Oc3ccc(NC(=O)C4(C(=O)Nc5ccccc5)CC4)cc3)ccnc2cc1OCC1CCN(CC(N)=O)CC1. The molecule has 0 spiro atoms. The van der Waals surface area contributed by atoms with Gasteiger partial charge in [-0.15, -0.1) is 0 Å². The predicted octanol–water partition coefficient (Wildman–Crippen LogP) is 4.97. The van der Waals surface area contributed by atoms with Gasteiger partial charge in [-0.1, -0.05) is 18.2 Å². The van der Waals surface area contributed by atoms with Crippen LogP contribution >= 0.6 is 0 Å². The number of primary amides is 1. The van der Waals surface area contributed by atoms with Gasteiger partial charge in [-0.2, -0.15) is 0 Å². The van der Waals surface area contributed by atoms with Crippen LogP contribution in [0, 0.1) is 11.3 Å². The molecule has 1 aliphatic carbocycles. The van der Waals surface area contributed by atoms with Gasteiger partial charge >= 0.3 is 0 Å². The van der Waals surface area contributed by atoms with Gasteiger partial charge in [0.2, 0.25) is 17.7 Å². The van der Waals surface area contributed by atoms with Crippen LogP contribution in [0.25, 0.3) is 10.9 Å². The minimum Gasteiger partial charge on any atom is -0.493 e. The summed E-state index contributed by atoms with van der Waals surface area (Å²) >= 11 is 0. The summed E-state index contributed by atoms with van der Waals surface area (Å²) in [6, 6.07) is 21.6. The molecule has 2 heterocycles. The number of para-hydroxylation sites is 1. The van der Waals surface area contributed by atoms with Crippen molar-refractivity contribution in [3.8, 4) is 23.0 Å². The average molecular weight is 624 g/mol. The van der Waals surface area contributed by atoms with E-state index in [0.29, 0.717) is 71.8 Å². The molecule has 0 atom stereocenters. The van der Waals surface area contributed by atoms with Crippen molar-refractivity contribution in [1.82, 2.24) is 9.88 Å². The van der Waals surface area contributed by atoms with Crippen LogP contribution in [0.5, 0.6) is 23.0 Å². The highest BCUT2D eigenvalue weighted by atomic mass is 16.5. The van der Waals surface area contributed by atoms with Crippen LogP contribution in [-0.4, -0.2) is 61.0 Å². The summed E-state index contributed by atoms with van der Waals surface area (Å²) < 4.78 is 18.1. The lowest BCUT2D eigenvalue weighted by Crippen LogP contribution is -2.40. The van der Waals surface area contributed by atoms with E-state index in [1.165, 1.54) is 0 Å². The Morgan fingerprint density at radius 1 is 0.891 bits per heavy atom. The molecule has 238 valence electrons. The Kier molecular flexibility index (Phi) is 9.02. The van der Waals surface area contributed by atoms with Crippen LogP contribution in [0.15, 0.2) is 79.0 Å². The van der Waals surface area contributed by atoms with Gasteiger partial charge < -0.3 is 30.6 Å². The number of amides is 3. The zero-order valence-corrected chi connectivity index (χ0v) is 25.7. The maximum absolute atomic E-state index is 13.1. The maximum atomic E-state index is 13.1. The van der Waals surface area contributed by atoms with Crippen molar-refractivity contribution in [2.45, 2.75) is 25.7 Å². The van der Waals surface area contributed by atoms with Crippen LogP contribution in [0.4, 0.5) is 11.4 Å². The number of aromatic nitrogens is 1. The molecule has 4 aromatic rings. The molecule has 0 bridgehead atoms. The average Bonchev–Trinajstić information content (AvgIpc) is 3.88. The van der Waals surface area contributed by atoms with Gasteiger partial charge in [-0.25, -0.2) is 0 Å². The Balaban J connectivity index is 1.08. The largest absolute Gasteiger partial charge is 0.493 e. The van der Waals surface area contributed by atoms with Gasteiger partial charge in [0.05, 0.1) is 25.8 Å². The molecule has 1 saturated heterocycles. The number of methoxy groups -OCH3 is 1. The van der Waals surface area contributed by atoms with E-state index in [1.54, 1.807) is 55.8 Å². The molecule has 6 rings (SSSR count). The summed E-state index contributed by atoms with van der Waals surface area (Å²) in [5.41, 5.74) is 6.18. The molecule has 2 aliphatic rings. The van der Waals surface area contributed by atoms with E-state index >= 15 is 0 Å². The zero-order valence-electron chi connectivity index (χ0n) is 25.7. The molecule has 0 radical (unpaired) electrons. The Morgan fingerprint density at radius 2 is 1.57 bits per heavy atom. The summed E-state index contributed by atoms with van der Waals surface area (Å²) in [6.45, 7) is 2.45. The van der Waals surface area contributed by atoms with Crippen LogP contribution in [-0.2, 0) is 14.4 Å². The molecule has 3 aromatic carbocycles. The van der Waals surface area contributed by atoms with Crippen LogP contribution < -0.4 is 30.6 Å². The monoisotopic (exact) mass is 623 g/mol. The fourth-order valence-electron chi connectivity index (χ4n) is 5.67. The summed E-state index contributed by atoms with van der Waals surface area (Å²) in [7, 11) is 1.59. The maximum Gasteiger partial charge on any atom is 0.240 e. The van der Waals surface area contributed by atoms with E-state index in [1.807, 2.05) is 30.3 Å². The fourth-order valence-corrected chi connectivity index (χ4v) is 5.67. The summed E-state index contributed by atoms with van der Waals surface area (Å²) in [4.78, 5) is 43.8. The van der Waals surface area contributed by atoms with Gasteiger partial charge in [0.1, 0.15) is 16.9 Å². The Morgan fingerprint density at radius 3 is 2.20 bits per heavy atom. The van der Waals surface area contributed by atoms with E-state index in [2.05, 4.69) is 20.5 Å². The van der Waals surface area contributed by atoms with Crippen molar-refractivity contribution in [2.24, 2.45) is 17.1 Å². The van der Waals surface area contributed by atoms with Crippen LogP contribution in [0.1, 0.15) is 25.7 Å². The third-order valence-corrected chi connectivity index (χ3v) is 8.54. The number of hydrogen-bond acceptors (Lipinski definition) is 8. The van der Waals surface area contributed by atoms with Crippen LogP contribution in [0.3, 0.4) is 0 Å². The number of hydrogen-bond donors (Lipinski definition) is 3. The van der Waals surface area contributed by atoms with Crippen LogP contribution in [0.2, 0.25) is 0 Å². The molecule has 1 aromatic heterocycles. The lowest BCUT2D eigenvalue weighted by molar-refractivity contribution is -0.131. The Labute approximate surface area is 267 Å². The molecule has 4 N–H and O–H groups in total. The quantitative estimate of drug-likeness (QED) is 0.188. The number of pyridine rings is 1. The molecular weight excluding hydrogens is 586 g/mol. The minimum atomic E-state index is -1.06. The first-order valence-electron chi connectivity index (χ1n) is 15.4. The topological polar surface area (TPSA) is 145 Å². The number of rotatable bonds is 12. The molecule has 0 unspecified atom stereocenters. The van der Waals surface area contributed by atoms with Crippen molar-refractivity contribution >= 4 is 40.0 Å². The standard InChI is InChI=1S/C35H37N5O6/c1-44-30-19-27-28(20-31(30)45-22-23-12-17-40(18-13-23)21-32(36)41)37-16-11-29(27)46-26-9-7-25(8-10-26)39-34(43)35(14-15-35)33(42)38-24-5-3-2-4-6-24/h2-11,16,19-20,23H,12-15,17-18,21-22H2,1H3,(H2,36,41)(H,38,42)(H,39,43). The molecule has 1 saturated carbocycles. The number of carbonyl (C=O) groups excluding carboxylic acids is 3. The summed E-state index contributed by atoms with van der Waals surface area (Å²) in [5, 5.41) is 6.48. The second kappa shape index (κ2) is 13.5. The van der Waals surface area contributed by atoms with Crippen molar-refractivity contribution < 1.29 is 28.6 Å². The second-order valence-electron chi connectivity index (χ2n) is 11.8. The van der Waals surface area contributed by atoms with Gasteiger partial charge in [0, 0.05) is 29.0 Å². The number of piperidine rings is 1. The number of likely N-dealkylation sites (tertiary alicyclic amines) is 1. The first-order valence-corrected chi connectivity index (χ1v) is 15.4. The van der Waals surface area contributed by atoms with E-state index in [0.717, 1.165) is 31.3 Å². The number of fused-ring (bicyclic) bond motifs is 1. The number of benzene rings is 3. The first kappa shape index (κ1) is 30.8. The highest BCUT2D eigenvalue weighted by Crippen LogP contribution is 2.47. The zero-order chi connectivity index (χ0) is 32.1. The molecular formula is C35H37N5O6. The van der Waals surface area contributed by atoms with Crippen molar-refractivity contribution in [3.63, 3.8) is 0 Å². The highest BCUT2D eigenvalue weighted by Gasteiger charge is 2.56. The third kappa shape index (κ3) is 7.05. The van der Waals surface area contributed by atoms with E-state index in [-0.39, 0.29) is 17.7 Å². The van der Waals surface area contributed by atoms with E-state index < -0.39 is 5.41 Å². The third-order valence-electron chi connectivity index (χ3n) is 8.54. The van der Waals surface area contributed by atoms with Gasteiger partial charge in [0.15, 0.2) is 11.5 Å². The number of nitrogens with two attached hydrogens (primary N) is 1. The van der Waals surface area contributed by atoms with Crippen molar-refractivity contribution in [3.05, 3.63) is 79.0 Å². The van der Waals surface area contributed by atoms with E-state index in [4.69, 9.17) is 19.9 Å². The molecule has 3 amide bonds. The normalized spacial score (nSPS) is 15.9. The molecule has 1 aliphatic heterocycles. The minimum absolute atomic E-state index is 0.291. The van der Waals surface area contributed by atoms with Crippen molar-refractivity contribution in [2.75, 3.05) is 44.0 Å². The van der Waals surface area contributed by atoms with E-state index in [9.17, 15) is 14.4 Å². The number of nitrogens with one attached hydrogen (secondary N) is 2. The van der Waals surface area contributed by atoms with Gasteiger partial charge in [0.25, 0.3) is 0 Å². The summed E-state index contributed by atoms with van der Waals surface area (Å²) in [6.07, 6.45) is 4.52. The van der Waals surface area contributed by atoms with Gasteiger partial charge in [-0.3, -0.25) is 24.3 Å². The Hall–Kier alpha value is -5.16. The van der Waals surface area contributed by atoms with Gasteiger partial charge in [-0.05, 0) is 93.2 Å². The first-order chi connectivity index (χ1) is 22.3.